The van der Waals surface area contributed by atoms with E-state index in [1.165, 1.54) is 9.54 Å². The number of hydrogen-bond donors (Lipinski definition) is 0. The maximum atomic E-state index is 12.9. The minimum Gasteiger partial charge on any atom is -0.376 e. The van der Waals surface area contributed by atoms with Gasteiger partial charge in [-0.25, -0.2) is 12.4 Å². The number of fused-ring (bicyclic) bond motifs is 1. The molecule has 0 spiro atoms. The van der Waals surface area contributed by atoms with Gasteiger partial charge in [0.2, 0.25) is 0 Å². The molecule has 2 aromatic carbocycles. The molecule has 1 fully saturated rings. The van der Waals surface area contributed by atoms with Crippen LogP contribution in [0.4, 0.5) is 0 Å². The van der Waals surface area contributed by atoms with Gasteiger partial charge in [0.25, 0.3) is 10.0 Å². The van der Waals surface area contributed by atoms with E-state index in [0.717, 1.165) is 24.8 Å². The Morgan fingerprint density at radius 2 is 1.85 bits per heavy atom. The first-order valence-electron chi connectivity index (χ1n) is 8.92. The molecular weight excluding hydrogens is 346 g/mol. The molecule has 4 rings (SSSR count). The van der Waals surface area contributed by atoms with Gasteiger partial charge in [-0.3, -0.25) is 0 Å². The van der Waals surface area contributed by atoms with Gasteiger partial charge in [0, 0.05) is 18.2 Å². The summed E-state index contributed by atoms with van der Waals surface area (Å²) in [6, 6.07) is 16.5. The van der Waals surface area contributed by atoms with Crippen molar-refractivity contribution in [1.29, 1.82) is 0 Å². The first kappa shape index (κ1) is 17.3. The summed E-state index contributed by atoms with van der Waals surface area (Å²) < 4.78 is 33.0. The molecule has 0 saturated carbocycles. The molecule has 1 atom stereocenters. The summed E-state index contributed by atoms with van der Waals surface area (Å²) in [4.78, 5) is 0.299. The van der Waals surface area contributed by atoms with Crippen molar-refractivity contribution in [2.24, 2.45) is 0 Å². The predicted molar refractivity (Wildman–Crippen MR) is 103 cm³/mol. The topological polar surface area (TPSA) is 48.3 Å². The highest BCUT2D eigenvalue weighted by atomic mass is 32.2. The van der Waals surface area contributed by atoms with E-state index < -0.39 is 10.0 Å². The molecule has 1 aliphatic heterocycles. The molecule has 1 aliphatic rings. The molecular formula is C21H23NO3S. The Morgan fingerprint density at radius 3 is 2.58 bits per heavy atom. The van der Waals surface area contributed by atoms with E-state index in [2.05, 4.69) is 26.0 Å². The smallest absolute Gasteiger partial charge is 0.268 e. The van der Waals surface area contributed by atoms with Gasteiger partial charge in [-0.2, -0.15) is 0 Å². The van der Waals surface area contributed by atoms with Gasteiger partial charge < -0.3 is 4.74 Å². The molecule has 0 N–H and O–H groups in total. The predicted octanol–water partition coefficient (Wildman–Crippen LogP) is 4.55. The highest BCUT2D eigenvalue weighted by Gasteiger charge is 2.30. The number of nitrogens with zero attached hydrogens (tertiary/aromatic N) is 1. The van der Waals surface area contributed by atoms with Crippen LogP contribution >= 0.6 is 0 Å². The lowest BCUT2D eigenvalue weighted by molar-refractivity contribution is -0.0592. The van der Waals surface area contributed by atoms with Gasteiger partial charge in [-0.15, -0.1) is 0 Å². The third kappa shape index (κ3) is 3.06. The fraction of sp³-hybridized carbons (Fsp3) is 0.333. The lowest BCUT2D eigenvalue weighted by Crippen LogP contribution is -2.32. The minimum absolute atomic E-state index is 0.111. The van der Waals surface area contributed by atoms with Gasteiger partial charge >= 0.3 is 0 Å². The van der Waals surface area contributed by atoms with Crippen LogP contribution in [-0.4, -0.2) is 24.6 Å². The van der Waals surface area contributed by atoms with Crippen LogP contribution in [0, 0.1) is 0 Å². The van der Waals surface area contributed by atoms with Gasteiger partial charge in [-0.05, 0) is 68.5 Å². The first-order chi connectivity index (χ1) is 12.4. The molecule has 0 bridgehead atoms. The van der Waals surface area contributed by atoms with Crippen LogP contribution in [0.5, 0.6) is 0 Å². The Bertz CT molecular complexity index is 1040. The second kappa shape index (κ2) is 6.25. The van der Waals surface area contributed by atoms with Gasteiger partial charge in [0.15, 0.2) is 0 Å². The van der Waals surface area contributed by atoms with Crippen LogP contribution in [-0.2, 0) is 14.8 Å². The summed E-state index contributed by atoms with van der Waals surface area (Å²) in [7, 11) is -3.58. The van der Waals surface area contributed by atoms with Crippen LogP contribution in [0.15, 0.2) is 65.7 Å². The summed E-state index contributed by atoms with van der Waals surface area (Å²) in [5.74, 6) is 0.442. The molecule has 0 radical (unpaired) electrons. The third-order valence-corrected chi connectivity index (χ3v) is 6.85. The van der Waals surface area contributed by atoms with Gasteiger partial charge in [-0.1, -0.05) is 24.3 Å². The minimum atomic E-state index is -3.58. The summed E-state index contributed by atoms with van der Waals surface area (Å²) in [5, 5.41) is 0.950. The number of benzene rings is 2. The second-order valence-electron chi connectivity index (χ2n) is 7.55. The zero-order valence-electron chi connectivity index (χ0n) is 15.1. The standard InChI is InChI=1S/C21H23NO3S/c1-21(2)15-18(11-13-25-21)16-8-9-20-17(14-16)10-12-22(20)26(23,24)19-6-4-3-5-7-19/h3-10,12,14,18H,11,13,15H2,1-2H3. The highest BCUT2D eigenvalue weighted by Crippen LogP contribution is 2.37. The van der Waals surface area contributed by atoms with Crippen LogP contribution in [0.25, 0.3) is 10.9 Å². The molecule has 5 heteroatoms. The SMILES string of the molecule is CC1(C)CC(c2ccc3c(ccn3S(=O)(=O)c3ccccc3)c2)CCO1. The first-order valence-corrected chi connectivity index (χ1v) is 10.4. The van der Waals surface area contributed by atoms with E-state index in [0.29, 0.717) is 16.3 Å². The van der Waals surface area contributed by atoms with Gasteiger partial charge in [0.05, 0.1) is 16.0 Å². The maximum absolute atomic E-state index is 12.9. The fourth-order valence-electron chi connectivity index (χ4n) is 3.82. The quantitative estimate of drug-likeness (QED) is 0.680. The highest BCUT2D eigenvalue weighted by molar-refractivity contribution is 7.90. The van der Waals surface area contributed by atoms with Crippen molar-refractivity contribution in [1.82, 2.24) is 3.97 Å². The van der Waals surface area contributed by atoms with Crippen molar-refractivity contribution in [3.63, 3.8) is 0 Å². The second-order valence-corrected chi connectivity index (χ2v) is 9.36. The lowest BCUT2D eigenvalue weighted by atomic mass is 9.83. The van der Waals surface area contributed by atoms with Crippen molar-refractivity contribution < 1.29 is 13.2 Å². The lowest BCUT2D eigenvalue weighted by Gasteiger charge is -2.35. The molecule has 1 saturated heterocycles. The Balaban J connectivity index is 1.73. The molecule has 1 aromatic heterocycles. The number of hydrogen-bond acceptors (Lipinski definition) is 3. The van der Waals surface area contributed by atoms with E-state index in [1.807, 2.05) is 18.2 Å². The average molecular weight is 369 g/mol. The van der Waals surface area contributed by atoms with Crippen molar-refractivity contribution in [3.8, 4) is 0 Å². The summed E-state index contributed by atoms with van der Waals surface area (Å²) in [5.41, 5.74) is 1.85. The third-order valence-electron chi connectivity index (χ3n) is 5.15. The van der Waals surface area contributed by atoms with Crippen LogP contribution in [0.3, 0.4) is 0 Å². The Kier molecular flexibility index (Phi) is 4.16. The summed E-state index contributed by atoms with van der Waals surface area (Å²) in [6.07, 6.45) is 3.62. The summed E-state index contributed by atoms with van der Waals surface area (Å²) >= 11 is 0. The fourth-order valence-corrected chi connectivity index (χ4v) is 5.20. The zero-order chi connectivity index (χ0) is 18.4. The number of aromatic nitrogens is 1. The van der Waals surface area contributed by atoms with E-state index in [4.69, 9.17) is 4.74 Å². The van der Waals surface area contributed by atoms with E-state index in [1.54, 1.807) is 30.5 Å². The molecule has 1 unspecified atom stereocenters. The normalized spacial score (nSPS) is 20.3. The van der Waals surface area contributed by atoms with Gasteiger partial charge in [0.1, 0.15) is 0 Å². The average Bonchev–Trinajstić information content (AvgIpc) is 3.05. The van der Waals surface area contributed by atoms with Crippen molar-refractivity contribution in [3.05, 3.63) is 66.4 Å². The van der Waals surface area contributed by atoms with E-state index in [-0.39, 0.29) is 5.60 Å². The molecule has 136 valence electrons. The molecule has 4 nitrogen and oxygen atoms in total. The summed E-state index contributed by atoms with van der Waals surface area (Å²) in [6.45, 7) is 5.01. The number of ether oxygens (including phenoxy) is 1. The van der Waals surface area contributed by atoms with E-state index >= 15 is 0 Å². The monoisotopic (exact) mass is 369 g/mol. The Morgan fingerprint density at radius 1 is 1.08 bits per heavy atom. The number of rotatable bonds is 3. The van der Waals surface area contributed by atoms with Crippen LogP contribution in [0.2, 0.25) is 0 Å². The Hall–Kier alpha value is -2.11. The largest absolute Gasteiger partial charge is 0.376 e. The van der Waals surface area contributed by atoms with Crippen molar-refractivity contribution >= 4 is 20.9 Å². The molecule has 26 heavy (non-hydrogen) atoms. The van der Waals surface area contributed by atoms with Crippen LogP contribution in [0.1, 0.15) is 38.2 Å². The van der Waals surface area contributed by atoms with E-state index in [9.17, 15) is 8.42 Å². The zero-order valence-corrected chi connectivity index (χ0v) is 15.9. The Labute approximate surface area is 154 Å². The van der Waals surface area contributed by atoms with Crippen LogP contribution < -0.4 is 0 Å². The molecule has 3 aromatic rings. The molecule has 0 aliphatic carbocycles. The molecule has 0 amide bonds. The van der Waals surface area contributed by atoms with Crippen molar-refractivity contribution in [2.75, 3.05) is 6.61 Å². The molecule has 2 heterocycles. The maximum Gasteiger partial charge on any atom is 0.268 e. The van der Waals surface area contributed by atoms with Crippen molar-refractivity contribution in [2.45, 2.75) is 43.1 Å².